The fraction of sp³-hybridized carbons (Fsp3) is 0.458. The Hall–Kier alpha value is -3.12. The number of halogens is 1. The molecule has 196 valence electrons. The highest BCUT2D eigenvalue weighted by Crippen LogP contribution is 2.33. The van der Waals surface area contributed by atoms with Crippen molar-refractivity contribution in [1.29, 1.82) is 0 Å². The minimum Gasteiger partial charge on any atom is -0.442 e. The number of aromatic nitrogens is 4. The van der Waals surface area contributed by atoms with Gasteiger partial charge in [0.2, 0.25) is 0 Å². The van der Waals surface area contributed by atoms with Crippen LogP contribution in [0.3, 0.4) is 0 Å². The molecule has 13 heteroatoms. The normalized spacial score (nSPS) is 16.3. The second-order valence-corrected chi connectivity index (χ2v) is 12.7. The number of nitrogens with zero attached hydrogens (tertiary/aromatic N) is 6. The number of hydroxylamine groups is 2. The molecule has 1 amide bonds. The zero-order valence-electron chi connectivity index (χ0n) is 21.5. The Labute approximate surface area is 225 Å². The topological polar surface area (TPSA) is 121 Å². The molecule has 3 aromatic heterocycles. The zero-order valence-corrected chi connectivity index (χ0v) is 23.9. The molecule has 0 saturated heterocycles. The number of carbonyl (C=O) groups is 1. The van der Waals surface area contributed by atoms with E-state index in [4.69, 9.17) is 9.57 Å². The number of hydrogen-bond acceptors (Lipinski definition) is 9. The molecule has 3 aromatic rings. The van der Waals surface area contributed by atoms with E-state index >= 15 is 0 Å². The first-order chi connectivity index (χ1) is 17.2. The fourth-order valence-corrected chi connectivity index (χ4v) is 5.21. The number of allylic oxidation sites excluding steroid dienone is 1. The van der Waals surface area contributed by atoms with E-state index in [1.807, 2.05) is 5.94 Å². The summed E-state index contributed by atoms with van der Waals surface area (Å²) in [5.41, 5.74) is -0.290. The number of hydrogen-bond donors (Lipinski definition) is 0. The van der Waals surface area contributed by atoms with E-state index in [2.05, 4.69) is 31.0 Å². The maximum absolute atomic E-state index is 13.4. The monoisotopic (exact) mass is 590 g/mol. The van der Waals surface area contributed by atoms with Crippen LogP contribution >= 0.6 is 27.3 Å². The molecule has 37 heavy (non-hydrogen) atoms. The Morgan fingerprint density at radius 2 is 1.92 bits per heavy atom. The first-order valence-electron chi connectivity index (χ1n) is 11.4. The number of carbonyl (C=O) groups excluding carboxylic acids is 2. The summed E-state index contributed by atoms with van der Waals surface area (Å²) in [6.45, 7) is 10.5. The van der Waals surface area contributed by atoms with Crippen molar-refractivity contribution in [2.24, 2.45) is 12.0 Å². The molecule has 0 aromatic carbocycles. The van der Waals surface area contributed by atoms with Crippen LogP contribution in [-0.2, 0) is 28.0 Å². The van der Waals surface area contributed by atoms with Crippen molar-refractivity contribution in [3.63, 3.8) is 0 Å². The summed E-state index contributed by atoms with van der Waals surface area (Å²) in [6, 6.07) is 0. The summed E-state index contributed by atoms with van der Waals surface area (Å²) in [6.07, 6.45) is 2.74. The van der Waals surface area contributed by atoms with Crippen molar-refractivity contribution < 1.29 is 19.2 Å². The maximum atomic E-state index is 13.4. The molecule has 0 fully saturated rings. The smallest absolute Gasteiger partial charge is 0.436 e. The molecule has 0 saturated carbocycles. The highest BCUT2D eigenvalue weighted by atomic mass is 79.9. The Balaban J connectivity index is 1.73. The zero-order chi connectivity index (χ0) is 27.3. The molecule has 0 N–H and O–H groups in total. The van der Waals surface area contributed by atoms with Crippen LogP contribution in [0.5, 0.6) is 0 Å². The van der Waals surface area contributed by atoms with Crippen molar-refractivity contribution in [3.05, 3.63) is 38.2 Å². The van der Waals surface area contributed by atoms with Gasteiger partial charge in [0.1, 0.15) is 17.1 Å². The Morgan fingerprint density at radius 1 is 1.22 bits per heavy atom. The number of dihydropyridines is 1. The Bertz CT molecular complexity index is 1560. The lowest BCUT2D eigenvalue weighted by Gasteiger charge is -2.35. The van der Waals surface area contributed by atoms with Gasteiger partial charge in [-0.05, 0) is 69.6 Å². The summed E-state index contributed by atoms with van der Waals surface area (Å²) in [7, 11) is 1.78. The largest absolute Gasteiger partial charge is 0.442 e. The quantitative estimate of drug-likeness (QED) is 0.330. The van der Waals surface area contributed by atoms with Gasteiger partial charge >= 0.3 is 6.09 Å². The molecule has 1 aliphatic rings. The van der Waals surface area contributed by atoms with Crippen molar-refractivity contribution in [2.45, 2.75) is 65.5 Å². The number of aliphatic imine (C=N–C) groups is 1. The number of fused-ring (bicyclic) bond motifs is 3. The van der Waals surface area contributed by atoms with Crippen LogP contribution in [0.15, 0.2) is 37.6 Å². The van der Waals surface area contributed by atoms with Crippen LogP contribution in [0.2, 0.25) is 0 Å². The predicted octanol–water partition coefficient (Wildman–Crippen LogP) is 4.17. The van der Waals surface area contributed by atoms with Gasteiger partial charge in [0.05, 0.1) is 34.3 Å². The van der Waals surface area contributed by atoms with Crippen LogP contribution in [-0.4, -0.2) is 59.5 Å². The Kier molecular flexibility index (Phi) is 7.02. The standard InChI is InChI=1S/C24H27BrN6O5S/c1-23(2,3)35-22(34)31(36-24(4,5)6)18-13(12-32)8-9-14(27-18)11-30-20(33)16-15(10-26-30)17-19(29(16)7)28-21(25)37-17/h8-10,18H,11H2,1-7H3. The molecule has 4 rings (SSSR count). The lowest BCUT2D eigenvalue weighted by Crippen LogP contribution is -2.48. The minimum absolute atomic E-state index is 0.00153. The third kappa shape index (κ3) is 5.59. The minimum atomic E-state index is -1.16. The highest BCUT2D eigenvalue weighted by molar-refractivity contribution is 9.11. The van der Waals surface area contributed by atoms with Gasteiger partial charge < -0.3 is 9.30 Å². The van der Waals surface area contributed by atoms with Gasteiger partial charge in [-0.15, -0.1) is 11.3 Å². The number of rotatable bonds is 4. The summed E-state index contributed by atoms with van der Waals surface area (Å²) < 4.78 is 10.1. The SMILES string of the molecule is Cn1c2nc(Br)sc2c2cnn(CC3=NC(N(OC(C)(C)C)C(=O)OC(C)(C)C)C(=C=O)C=C3)c(=O)c21. The molecular formula is C24H27BrN6O5S. The van der Waals surface area contributed by atoms with Crippen molar-refractivity contribution >= 4 is 66.3 Å². The average molecular weight is 591 g/mol. The van der Waals surface area contributed by atoms with Crippen molar-refractivity contribution in [1.82, 2.24) is 24.4 Å². The van der Waals surface area contributed by atoms with E-state index in [1.54, 1.807) is 65.4 Å². The van der Waals surface area contributed by atoms with Gasteiger partial charge in [-0.25, -0.2) is 19.3 Å². The lowest BCUT2D eigenvalue weighted by molar-refractivity contribution is -0.223. The molecule has 0 spiro atoms. The molecule has 0 radical (unpaired) electrons. The summed E-state index contributed by atoms with van der Waals surface area (Å²) in [4.78, 5) is 53.0. The molecule has 1 atom stereocenters. The maximum Gasteiger partial charge on any atom is 0.436 e. The van der Waals surface area contributed by atoms with Crippen LogP contribution in [0.25, 0.3) is 21.3 Å². The highest BCUT2D eigenvalue weighted by Gasteiger charge is 2.36. The number of amides is 1. The van der Waals surface area contributed by atoms with Gasteiger partial charge in [-0.1, -0.05) is 0 Å². The lowest BCUT2D eigenvalue weighted by atomic mass is 10.1. The van der Waals surface area contributed by atoms with Crippen LogP contribution in [0.1, 0.15) is 41.5 Å². The van der Waals surface area contributed by atoms with E-state index < -0.39 is 23.5 Å². The van der Waals surface area contributed by atoms with Crippen LogP contribution in [0.4, 0.5) is 4.79 Å². The molecule has 11 nitrogen and oxygen atoms in total. The van der Waals surface area contributed by atoms with Gasteiger partial charge in [0, 0.05) is 12.4 Å². The average Bonchev–Trinajstić information content (AvgIpc) is 3.28. The van der Waals surface area contributed by atoms with E-state index in [0.29, 0.717) is 22.3 Å². The number of aryl methyl sites for hydroxylation is 1. The first kappa shape index (κ1) is 26.9. The van der Waals surface area contributed by atoms with Crippen LogP contribution < -0.4 is 5.56 Å². The molecule has 4 heterocycles. The van der Waals surface area contributed by atoms with Gasteiger partial charge in [-0.3, -0.25) is 14.6 Å². The first-order valence-corrected chi connectivity index (χ1v) is 13.0. The number of ether oxygens (including phenoxy) is 1. The van der Waals surface area contributed by atoms with Crippen molar-refractivity contribution in [3.8, 4) is 0 Å². The van der Waals surface area contributed by atoms with Crippen molar-refractivity contribution in [2.75, 3.05) is 0 Å². The van der Waals surface area contributed by atoms with E-state index in [0.717, 1.165) is 13.7 Å². The summed E-state index contributed by atoms with van der Waals surface area (Å²) in [5, 5.41) is 5.99. The Morgan fingerprint density at radius 3 is 2.54 bits per heavy atom. The van der Waals surface area contributed by atoms with Gasteiger partial charge in [0.25, 0.3) is 5.56 Å². The van der Waals surface area contributed by atoms with Crippen LogP contribution in [0, 0.1) is 0 Å². The second-order valence-electron chi connectivity index (χ2n) is 10.4. The molecule has 0 aliphatic carbocycles. The third-order valence-corrected chi connectivity index (χ3v) is 6.65. The summed E-state index contributed by atoms with van der Waals surface area (Å²) in [5.74, 6) is 1.83. The van der Waals surface area contributed by atoms with E-state index in [1.165, 1.54) is 22.1 Å². The van der Waals surface area contributed by atoms with Gasteiger partial charge in [-0.2, -0.15) is 10.2 Å². The molecule has 1 unspecified atom stereocenters. The molecule has 1 aliphatic heterocycles. The number of thiazole rings is 1. The fourth-order valence-electron chi connectivity index (χ4n) is 3.72. The predicted molar refractivity (Wildman–Crippen MR) is 144 cm³/mol. The molecule has 0 bridgehead atoms. The molecular weight excluding hydrogens is 564 g/mol. The summed E-state index contributed by atoms with van der Waals surface area (Å²) >= 11 is 4.81. The van der Waals surface area contributed by atoms with Gasteiger partial charge in [0.15, 0.2) is 15.7 Å². The second kappa shape index (κ2) is 9.64. The van der Waals surface area contributed by atoms with E-state index in [-0.39, 0.29) is 17.7 Å². The van der Waals surface area contributed by atoms with E-state index in [9.17, 15) is 14.4 Å². The third-order valence-electron chi connectivity index (χ3n) is 5.12.